The molecule has 2 atom stereocenters. The van der Waals surface area contributed by atoms with Crippen molar-refractivity contribution in [3.63, 3.8) is 0 Å². The number of aliphatic hydroxyl groups excluding tert-OH is 1. The summed E-state index contributed by atoms with van der Waals surface area (Å²) in [6, 6.07) is 3.91. The summed E-state index contributed by atoms with van der Waals surface area (Å²) in [5, 5.41) is 15.6. The summed E-state index contributed by atoms with van der Waals surface area (Å²) in [5.74, 6) is -0.979. The van der Waals surface area contributed by atoms with Gasteiger partial charge >= 0.3 is 0 Å². The molecular formula is C21H22FN3O3. The summed E-state index contributed by atoms with van der Waals surface area (Å²) in [7, 11) is 0. The number of aromatic nitrogens is 1. The van der Waals surface area contributed by atoms with E-state index in [9.17, 15) is 19.1 Å². The zero-order valence-electron chi connectivity index (χ0n) is 15.7. The fourth-order valence-electron chi connectivity index (χ4n) is 4.06. The Morgan fingerprint density at radius 1 is 1.32 bits per heavy atom. The largest absolute Gasteiger partial charge is 0.391 e. The summed E-state index contributed by atoms with van der Waals surface area (Å²) in [6.45, 7) is 3.59. The topological polar surface area (TPSA) is 94.2 Å². The number of H-pyrrole nitrogens is 1. The molecular weight excluding hydrogens is 361 g/mol. The normalized spacial score (nSPS) is 22.4. The van der Waals surface area contributed by atoms with Crippen LogP contribution in [0.5, 0.6) is 0 Å². The average Bonchev–Trinajstić information content (AvgIpc) is 3.26. The molecule has 1 fully saturated rings. The van der Waals surface area contributed by atoms with Gasteiger partial charge in [0.05, 0.1) is 23.3 Å². The number of fused-ring (bicyclic) bond motifs is 1. The number of benzene rings is 1. The Morgan fingerprint density at radius 2 is 2.11 bits per heavy atom. The smallest absolute Gasteiger partial charge is 0.256 e. The van der Waals surface area contributed by atoms with Crippen molar-refractivity contribution < 1.29 is 19.1 Å². The summed E-state index contributed by atoms with van der Waals surface area (Å²) in [5.41, 5.74) is 3.90. The third-order valence-electron chi connectivity index (χ3n) is 5.55. The molecule has 0 spiro atoms. The summed E-state index contributed by atoms with van der Waals surface area (Å²) < 4.78 is 13.6. The quantitative estimate of drug-likeness (QED) is 0.614. The lowest BCUT2D eigenvalue weighted by atomic mass is 10.0. The molecule has 0 unspecified atom stereocenters. The van der Waals surface area contributed by atoms with Crippen molar-refractivity contribution in [2.75, 3.05) is 5.32 Å². The van der Waals surface area contributed by atoms with Gasteiger partial charge in [0, 0.05) is 22.6 Å². The molecule has 1 aliphatic carbocycles. The third-order valence-corrected chi connectivity index (χ3v) is 5.55. The summed E-state index contributed by atoms with van der Waals surface area (Å²) >= 11 is 0. The maximum atomic E-state index is 13.6. The Hall–Kier alpha value is -2.93. The summed E-state index contributed by atoms with van der Waals surface area (Å²) in [6.07, 6.45) is 3.47. The van der Waals surface area contributed by atoms with E-state index in [1.807, 2.05) is 0 Å². The molecule has 6 nitrogen and oxygen atoms in total. The monoisotopic (exact) mass is 383 g/mol. The fraction of sp³-hybridized carbons (Fsp3) is 0.333. The number of hydrogen-bond acceptors (Lipinski definition) is 3. The number of anilines is 1. The number of aromatic amines is 1. The molecule has 0 saturated heterocycles. The lowest BCUT2D eigenvalue weighted by Crippen LogP contribution is -2.40. The Balaban J connectivity index is 1.67. The van der Waals surface area contributed by atoms with Crippen molar-refractivity contribution in [1.82, 2.24) is 10.3 Å². The highest BCUT2D eigenvalue weighted by molar-refractivity contribution is 6.34. The first-order chi connectivity index (χ1) is 13.3. The van der Waals surface area contributed by atoms with Gasteiger partial charge in [0.15, 0.2) is 0 Å². The van der Waals surface area contributed by atoms with Gasteiger partial charge in [-0.05, 0) is 62.9 Å². The number of halogens is 1. The second-order valence-electron chi connectivity index (χ2n) is 7.44. The maximum Gasteiger partial charge on any atom is 0.256 e. The van der Waals surface area contributed by atoms with E-state index in [1.165, 1.54) is 18.2 Å². The minimum absolute atomic E-state index is 0.238. The third kappa shape index (κ3) is 3.11. The Bertz CT molecular complexity index is 1010. The predicted molar refractivity (Wildman–Crippen MR) is 104 cm³/mol. The highest BCUT2D eigenvalue weighted by Crippen LogP contribution is 2.34. The molecule has 1 aromatic heterocycles. The lowest BCUT2D eigenvalue weighted by molar-refractivity contribution is -0.110. The van der Waals surface area contributed by atoms with Gasteiger partial charge < -0.3 is 20.7 Å². The van der Waals surface area contributed by atoms with E-state index in [2.05, 4.69) is 15.6 Å². The molecule has 4 N–H and O–H groups in total. The Morgan fingerprint density at radius 3 is 2.82 bits per heavy atom. The standard InChI is InChI=1S/C21H22FN3O3/c1-10-17(9-14-13-8-12(22)6-7-15(13)24-20(14)27)23-11(2)19(10)21(28)25-16-4-3-5-18(16)26/h6-9,16,18,23,26H,3-5H2,1-2H3,(H,24,27)(H,25,28)/t16-,18-/m0/s1. The molecule has 1 saturated carbocycles. The van der Waals surface area contributed by atoms with Crippen LogP contribution in [0.4, 0.5) is 10.1 Å². The number of amides is 2. The zero-order chi connectivity index (χ0) is 20.0. The van der Waals surface area contributed by atoms with E-state index in [0.29, 0.717) is 45.8 Å². The molecule has 4 rings (SSSR count). The first kappa shape index (κ1) is 18.4. The minimum atomic E-state index is -0.515. The lowest BCUT2D eigenvalue weighted by Gasteiger charge is -2.16. The average molecular weight is 383 g/mol. The van der Waals surface area contributed by atoms with E-state index in [-0.39, 0.29) is 17.9 Å². The van der Waals surface area contributed by atoms with Crippen molar-refractivity contribution in [2.24, 2.45) is 0 Å². The van der Waals surface area contributed by atoms with E-state index >= 15 is 0 Å². The van der Waals surface area contributed by atoms with Crippen LogP contribution in [0.1, 0.15) is 52.1 Å². The van der Waals surface area contributed by atoms with Gasteiger partial charge in [-0.25, -0.2) is 4.39 Å². The SMILES string of the molecule is Cc1[nH]c(C=C2C(=O)Nc3ccc(F)cc32)c(C)c1C(=O)N[C@H]1CCC[C@@H]1O. The number of carbonyl (C=O) groups is 2. The van der Waals surface area contributed by atoms with Crippen LogP contribution in [0.15, 0.2) is 18.2 Å². The van der Waals surface area contributed by atoms with Gasteiger partial charge in [0.1, 0.15) is 5.82 Å². The molecule has 146 valence electrons. The number of nitrogens with one attached hydrogen (secondary N) is 3. The van der Waals surface area contributed by atoms with Crippen LogP contribution in [0.25, 0.3) is 11.6 Å². The molecule has 2 aliphatic rings. The van der Waals surface area contributed by atoms with E-state index < -0.39 is 11.9 Å². The van der Waals surface area contributed by atoms with Crippen LogP contribution in [0, 0.1) is 19.7 Å². The molecule has 2 amide bonds. The molecule has 2 aromatic rings. The van der Waals surface area contributed by atoms with Crippen LogP contribution in [0.3, 0.4) is 0 Å². The van der Waals surface area contributed by atoms with Gasteiger partial charge in [0.25, 0.3) is 11.8 Å². The number of aliphatic hydroxyl groups is 1. The second-order valence-corrected chi connectivity index (χ2v) is 7.44. The van der Waals surface area contributed by atoms with Crippen LogP contribution >= 0.6 is 0 Å². The fourth-order valence-corrected chi connectivity index (χ4v) is 4.06. The molecule has 1 aromatic carbocycles. The summed E-state index contributed by atoms with van der Waals surface area (Å²) in [4.78, 5) is 28.2. The minimum Gasteiger partial charge on any atom is -0.391 e. The van der Waals surface area contributed by atoms with Crippen LogP contribution < -0.4 is 10.6 Å². The van der Waals surface area contributed by atoms with Gasteiger partial charge in [0.2, 0.25) is 0 Å². The zero-order valence-corrected chi connectivity index (χ0v) is 15.7. The predicted octanol–water partition coefficient (Wildman–Crippen LogP) is 2.91. The van der Waals surface area contributed by atoms with Gasteiger partial charge in [-0.15, -0.1) is 0 Å². The van der Waals surface area contributed by atoms with Crippen molar-refractivity contribution in [2.45, 2.75) is 45.3 Å². The van der Waals surface area contributed by atoms with E-state index in [1.54, 1.807) is 19.9 Å². The molecule has 0 radical (unpaired) electrons. The number of carbonyl (C=O) groups excluding carboxylic acids is 2. The molecule has 7 heteroatoms. The highest BCUT2D eigenvalue weighted by Gasteiger charge is 2.29. The van der Waals surface area contributed by atoms with Crippen LogP contribution in [-0.4, -0.2) is 34.1 Å². The molecule has 0 bridgehead atoms. The van der Waals surface area contributed by atoms with Crippen molar-refractivity contribution >= 4 is 29.2 Å². The second kappa shape index (κ2) is 6.91. The molecule has 2 heterocycles. The van der Waals surface area contributed by atoms with Crippen molar-refractivity contribution in [3.8, 4) is 0 Å². The van der Waals surface area contributed by atoms with Crippen LogP contribution in [0.2, 0.25) is 0 Å². The van der Waals surface area contributed by atoms with Crippen LogP contribution in [-0.2, 0) is 4.79 Å². The molecule has 1 aliphatic heterocycles. The number of rotatable bonds is 3. The van der Waals surface area contributed by atoms with Gasteiger partial charge in [-0.1, -0.05) is 0 Å². The maximum absolute atomic E-state index is 13.6. The number of aryl methyl sites for hydroxylation is 1. The van der Waals surface area contributed by atoms with E-state index in [0.717, 1.165) is 12.8 Å². The van der Waals surface area contributed by atoms with Gasteiger partial charge in [-0.3, -0.25) is 9.59 Å². The van der Waals surface area contributed by atoms with E-state index in [4.69, 9.17) is 0 Å². The number of hydrogen-bond donors (Lipinski definition) is 4. The van der Waals surface area contributed by atoms with Crippen molar-refractivity contribution in [1.29, 1.82) is 0 Å². The van der Waals surface area contributed by atoms with Crippen molar-refractivity contribution in [3.05, 3.63) is 52.1 Å². The first-order valence-electron chi connectivity index (χ1n) is 9.36. The molecule has 28 heavy (non-hydrogen) atoms. The Labute approximate surface area is 161 Å². The van der Waals surface area contributed by atoms with Gasteiger partial charge in [-0.2, -0.15) is 0 Å². The Kier molecular flexibility index (Phi) is 4.55. The first-order valence-corrected chi connectivity index (χ1v) is 9.36. The highest BCUT2D eigenvalue weighted by atomic mass is 19.1.